The number of nitrogens with zero attached hydrogens (tertiary/aromatic N) is 1. The molecule has 0 aromatic carbocycles. The van der Waals surface area contributed by atoms with E-state index < -0.39 is 11.5 Å². The molecule has 0 spiro atoms. The number of hydrogen-bond acceptors (Lipinski definition) is 3. The van der Waals surface area contributed by atoms with E-state index in [1.54, 1.807) is 6.92 Å². The molecule has 1 saturated carbocycles. The summed E-state index contributed by atoms with van der Waals surface area (Å²) in [5, 5.41) is 12.2. The van der Waals surface area contributed by atoms with Gasteiger partial charge in [-0.15, -0.1) is 0 Å². The molecule has 3 atom stereocenters. The maximum atomic E-state index is 12.3. The summed E-state index contributed by atoms with van der Waals surface area (Å²) in [6.45, 7) is 4.61. The van der Waals surface area contributed by atoms with Crippen LogP contribution >= 0.6 is 0 Å². The van der Waals surface area contributed by atoms with Crippen molar-refractivity contribution in [3.63, 3.8) is 0 Å². The second-order valence-electron chi connectivity index (χ2n) is 6.20. The number of carboxylic acid groups (broad SMARTS) is 1. The maximum Gasteiger partial charge on any atom is 0.329 e. The van der Waals surface area contributed by atoms with Crippen molar-refractivity contribution in [1.82, 2.24) is 10.2 Å². The largest absolute Gasteiger partial charge is 0.479 e. The first-order valence-corrected chi connectivity index (χ1v) is 7.74. The van der Waals surface area contributed by atoms with E-state index in [0.29, 0.717) is 25.3 Å². The summed E-state index contributed by atoms with van der Waals surface area (Å²) < 4.78 is 0. The van der Waals surface area contributed by atoms with E-state index in [2.05, 4.69) is 5.32 Å². The number of carbonyl (C=O) groups excluding carboxylic acids is 2. The van der Waals surface area contributed by atoms with Crippen LogP contribution < -0.4 is 5.32 Å². The molecule has 1 aliphatic heterocycles. The quantitative estimate of drug-likeness (QED) is 0.765. The molecule has 6 heteroatoms. The molecule has 6 nitrogen and oxygen atoms in total. The van der Waals surface area contributed by atoms with Gasteiger partial charge < -0.3 is 15.3 Å². The Balaban J connectivity index is 1.85. The van der Waals surface area contributed by atoms with Gasteiger partial charge in [0.25, 0.3) is 0 Å². The van der Waals surface area contributed by atoms with Gasteiger partial charge in [-0.25, -0.2) is 4.79 Å². The summed E-state index contributed by atoms with van der Waals surface area (Å²) in [5.41, 5.74) is -1.05. The first kappa shape index (κ1) is 15.8. The highest BCUT2D eigenvalue weighted by atomic mass is 16.4. The van der Waals surface area contributed by atoms with E-state index >= 15 is 0 Å². The molecule has 0 aromatic rings. The summed E-state index contributed by atoms with van der Waals surface area (Å²) in [5.74, 6) is -0.552. The molecule has 2 fully saturated rings. The van der Waals surface area contributed by atoms with Crippen molar-refractivity contribution in [3.05, 3.63) is 0 Å². The molecule has 2 aliphatic rings. The zero-order valence-corrected chi connectivity index (χ0v) is 12.7. The number of rotatable bonds is 6. The summed E-state index contributed by atoms with van der Waals surface area (Å²) in [7, 11) is 0. The van der Waals surface area contributed by atoms with E-state index in [1.165, 1.54) is 4.90 Å². The maximum absolute atomic E-state index is 12.3. The van der Waals surface area contributed by atoms with Gasteiger partial charge in [-0.05, 0) is 31.6 Å². The average molecular weight is 296 g/mol. The van der Waals surface area contributed by atoms with Crippen LogP contribution in [0.5, 0.6) is 0 Å². The monoisotopic (exact) mass is 296 g/mol. The van der Waals surface area contributed by atoms with Crippen molar-refractivity contribution >= 4 is 17.8 Å². The summed E-state index contributed by atoms with van der Waals surface area (Å²) in [6, 6.07) is 0. The minimum Gasteiger partial charge on any atom is -0.479 e. The molecule has 0 radical (unpaired) electrons. The first-order valence-electron chi connectivity index (χ1n) is 7.74. The van der Waals surface area contributed by atoms with Gasteiger partial charge >= 0.3 is 5.97 Å². The SMILES string of the molecule is CCC1(C(=O)O)CCCN1C(=O)CCNC(=O)C1CC1C. The zero-order valence-electron chi connectivity index (χ0n) is 12.7. The van der Waals surface area contributed by atoms with Crippen molar-refractivity contribution in [1.29, 1.82) is 0 Å². The third kappa shape index (κ3) is 3.04. The lowest BCUT2D eigenvalue weighted by Gasteiger charge is -2.34. The second-order valence-corrected chi connectivity index (χ2v) is 6.20. The molecule has 118 valence electrons. The van der Waals surface area contributed by atoms with Crippen LogP contribution in [0.2, 0.25) is 0 Å². The standard InChI is InChI=1S/C15H24N2O4/c1-3-15(14(20)21)6-4-8-17(15)12(18)5-7-16-13(19)11-9-10(11)2/h10-11H,3-9H2,1-2H3,(H,16,19)(H,20,21). The number of carboxylic acids is 1. The minimum absolute atomic E-state index is 0.0108. The van der Waals surface area contributed by atoms with Crippen LogP contribution in [0.25, 0.3) is 0 Å². The lowest BCUT2D eigenvalue weighted by molar-refractivity contribution is -0.156. The highest BCUT2D eigenvalue weighted by Crippen LogP contribution is 2.37. The molecular weight excluding hydrogens is 272 g/mol. The first-order chi connectivity index (χ1) is 9.92. The van der Waals surface area contributed by atoms with E-state index in [-0.39, 0.29) is 30.7 Å². The molecule has 2 rings (SSSR count). The Morgan fingerprint density at radius 3 is 2.57 bits per heavy atom. The number of likely N-dealkylation sites (tertiary alicyclic amines) is 1. The van der Waals surface area contributed by atoms with Gasteiger partial charge in [0.05, 0.1) is 0 Å². The second kappa shape index (κ2) is 6.03. The fourth-order valence-corrected chi connectivity index (χ4v) is 3.23. The molecule has 2 amide bonds. The van der Waals surface area contributed by atoms with Crippen molar-refractivity contribution in [3.8, 4) is 0 Å². The molecule has 1 saturated heterocycles. The summed E-state index contributed by atoms with van der Waals surface area (Å²) >= 11 is 0. The molecule has 0 aromatic heterocycles. The van der Waals surface area contributed by atoms with Gasteiger partial charge in [-0.1, -0.05) is 13.8 Å². The zero-order chi connectivity index (χ0) is 15.6. The third-order valence-corrected chi connectivity index (χ3v) is 4.86. The Morgan fingerprint density at radius 1 is 1.38 bits per heavy atom. The van der Waals surface area contributed by atoms with Crippen molar-refractivity contribution < 1.29 is 19.5 Å². The Kier molecular flexibility index (Phi) is 4.54. The van der Waals surface area contributed by atoms with Gasteiger partial charge in [0.2, 0.25) is 11.8 Å². The molecule has 0 bridgehead atoms. The van der Waals surface area contributed by atoms with Crippen molar-refractivity contribution in [2.45, 2.75) is 51.5 Å². The predicted octanol–water partition coefficient (Wildman–Crippen LogP) is 1.00. The number of nitrogens with one attached hydrogen (secondary N) is 1. The van der Waals surface area contributed by atoms with Gasteiger partial charge in [0, 0.05) is 25.4 Å². The van der Waals surface area contributed by atoms with Crippen LogP contribution in [0, 0.1) is 11.8 Å². The highest BCUT2D eigenvalue weighted by Gasteiger charge is 2.48. The number of hydrogen-bond donors (Lipinski definition) is 2. The summed E-state index contributed by atoms with van der Waals surface area (Å²) in [6.07, 6.45) is 2.74. The minimum atomic E-state index is -1.05. The highest BCUT2D eigenvalue weighted by molar-refractivity contribution is 5.88. The van der Waals surface area contributed by atoms with Gasteiger partial charge in [-0.2, -0.15) is 0 Å². The third-order valence-electron chi connectivity index (χ3n) is 4.86. The molecule has 1 aliphatic carbocycles. The van der Waals surface area contributed by atoms with Gasteiger partial charge in [0.15, 0.2) is 0 Å². The van der Waals surface area contributed by atoms with Crippen LogP contribution in [0.15, 0.2) is 0 Å². The normalized spacial score (nSPS) is 31.0. The van der Waals surface area contributed by atoms with Gasteiger partial charge in [-0.3, -0.25) is 9.59 Å². The fourth-order valence-electron chi connectivity index (χ4n) is 3.23. The number of carbonyl (C=O) groups is 3. The number of amides is 2. The van der Waals surface area contributed by atoms with Crippen LogP contribution in [0.1, 0.15) is 46.0 Å². The Bertz CT molecular complexity index is 451. The molecule has 1 heterocycles. The van der Waals surface area contributed by atoms with Crippen molar-refractivity contribution in [2.24, 2.45) is 11.8 Å². The fraction of sp³-hybridized carbons (Fsp3) is 0.800. The van der Waals surface area contributed by atoms with E-state index in [1.807, 2.05) is 6.92 Å². The van der Waals surface area contributed by atoms with Crippen LogP contribution in [0.3, 0.4) is 0 Å². The molecule has 21 heavy (non-hydrogen) atoms. The molecule has 3 unspecified atom stereocenters. The summed E-state index contributed by atoms with van der Waals surface area (Å²) in [4.78, 5) is 37.0. The molecule has 2 N–H and O–H groups in total. The van der Waals surface area contributed by atoms with Crippen LogP contribution in [0.4, 0.5) is 0 Å². The van der Waals surface area contributed by atoms with E-state index in [9.17, 15) is 19.5 Å². The smallest absolute Gasteiger partial charge is 0.329 e. The van der Waals surface area contributed by atoms with Crippen LogP contribution in [-0.4, -0.2) is 46.4 Å². The molecular formula is C15H24N2O4. The van der Waals surface area contributed by atoms with E-state index in [0.717, 1.165) is 12.8 Å². The topological polar surface area (TPSA) is 86.7 Å². The van der Waals surface area contributed by atoms with Crippen LogP contribution in [-0.2, 0) is 14.4 Å². The average Bonchev–Trinajstić information content (AvgIpc) is 3.02. The van der Waals surface area contributed by atoms with Crippen molar-refractivity contribution in [2.75, 3.05) is 13.1 Å². The lowest BCUT2D eigenvalue weighted by Crippen LogP contribution is -2.53. The van der Waals surface area contributed by atoms with Gasteiger partial charge in [0.1, 0.15) is 5.54 Å². The van der Waals surface area contributed by atoms with E-state index in [4.69, 9.17) is 0 Å². The Hall–Kier alpha value is -1.59. The Labute approximate surface area is 124 Å². The number of aliphatic carboxylic acids is 1. The lowest BCUT2D eigenvalue weighted by atomic mass is 9.93. The predicted molar refractivity (Wildman–Crippen MR) is 76.5 cm³/mol. The Morgan fingerprint density at radius 2 is 2.05 bits per heavy atom.